The number of carbonyl (C=O) groups is 1. The first-order valence-electron chi connectivity index (χ1n) is 8.71. The van der Waals surface area contributed by atoms with Crippen molar-refractivity contribution in [2.75, 3.05) is 5.75 Å². The van der Waals surface area contributed by atoms with Crippen molar-refractivity contribution < 1.29 is 14.3 Å². The zero-order valence-corrected chi connectivity index (χ0v) is 15.4. The molecule has 2 aromatic heterocycles. The van der Waals surface area contributed by atoms with Crippen LogP contribution in [0.2, 0.25) is 0 Å². The van der Waals surface area contributed by atoms with Crippen molar-refractivity contribution in [1.29, 1.82) is 0 Å². The minimum atomic E-state index is -0.872. The highest BCUT2D eigenvalue weighted by Gasteiger charge is 2.21. The molecule has 0 spiro atoms. The largest absolute Gasteiger partial charge is 0.481 e. The van der Waals surface area contributed by atoms with Gasteiger partial charge in [-0.15, -0.1) is 11.8 Å². The maximum absolute atomic E-state index is 10.7. The molecule has 1 unspecified atom stereocenters. The van der Waals surface area contributed by atoms with Gasteiger partial charge in [0.05, 0.1) is 5.75 Å². The lowest BCUT2D eigenvalue weighted by Gasteiger charge is -2.03. The van der Waals surface area contributed by atoms with Crippen LogP contribution in [-0.2, 0) is 4.79 Å². The standard InChI is InChI=1S/C20H16N4O3S/c25-18(26)10-28-20-22-19(23-24-20)17-8-7-16(27-17)11-5-6-13-12-3-1-2-4-14(12)21-15(13)9-11/h1-9,20-21,24H,10H2,(H,22,23)(H,25,26). The number of carboxylic acids is 1. The number of nitrogens with one attached hydrogen (secondary N) is 3. The third-order valence-corrected chi connectivity index (χ3v) is 5.51. The van der Waals surface area contributed by atoms with Gasteiger partial charge in [0.15, 0.2) is 17.1 Å². The van der Waals surface area contributed by atoms with Gasteiger partial charge in [0, 0.05) is 27.4 Å². The van der Waals surface area contributed by atoms with E-state index in [4.69, 9.17) is 9.52 Å². The van der Waals surface area contributed by atoms with Gasteiger partial charge in [-0.05, 0) is 24.3 Å². The molecule has 140 valence electrons. The number of aliphatic imine (C=N–C) groups is 1. The summed E-state index contributed by atoms with van der Waals surface area (Å²) >= 11 is 1.19. The molecule has 4 N–H and O–H groups in total. The molecule has 0 fully saturated rings. The normalized spacial score (nSPS) is 16.4. The monoisotopic (exact) mass is 392 g/mol. The second-order valence-corrected chi connectivity index (χ2v) is 7.47. The highest BCUT2D eigenvalue weighted by atomic mass is 32.2. The van der Waals surface area contributed by atoms with Crippen molar-refractivity contribution in [2.45, 2.75) is 5.50 Å². The van der Waals surface area contributed by atoms with Crippen LogP contribution in [-0.4, -0.2) is 33.1 Å². The number of furan rings is 1. The van der Waals surface area contributed by atoms with E-state index in [1.165, 1.54) is 22.5 Å². The number of thioether (sulfide) groups is 1. The number of hydrogen-bond acceptors (Lipinski definition) is 6. The molecule has 7 nitrogen and oxygen atoms in total. The Bertz CT molecular complexity index is 1230. The van der Waals surface area contributed by atoms with Crippen molar-refractivity contribution in [3.8, 4) is 11.3 Å². The number of para-hydroxylation sites is 1. The number of amidine groups is 1. The van der Waals surface area contributed by atoms with Gasteiger partial charge in [-0.3, -0.25) is 4.79 Å². The zero-order valence-electron chi connectivity index (χ0n) is 14.6. The number of H-pyrrole nitrogens is 1. The Labute approximate surface area is 163 Å². The predicted molar refractivity (Wildman–Crippen MR) is 110 cm³/mol. The lowest BCUT2D eigenvalue weighted by Crippen LogP contribution is -2.34. The third kappa shape index (κ3) is 3.02. The second-order valence-electron chi connectivity index (χ2n) is 6.40. The molecule has 1 aliphatic rings. The van der Waals surface area contributed by atoms with E-state index in [9.17, 15) is 4.79 Å². The van der Waals surface area contributed by atoms with Gasteiger partial charge in [-0.25, -0.2) is 10.4 Å². The molecule has 1 atom stereocenters. The molecule has 2 aromatic carbocycles. The molecule has 0 saturated heterocycles. The third-order valence-electron chi connectivity index (χ3n) is 4.56. The van der Waals surface area contributed by atoms with Crippen LogP contribution in [0.15, 0.2) is 64.0 Å². The van der Waals surface area contributed by atoms with E-state index < -0.39 is 5.97 Å². The topological polar surface area (TPSA) is 103 Å². The lowest BCUT2D eigenvalue weighted by atomic mass is 10.1. The molecule has 28 heavy (non-hydrogen) atoms. The van der Waals surface area contributed by atoms with Crippen LogP contribution < -0.4 is 10.9 Å². The van der Waals surface area contributed by atoms with Crippen molar-refractivity contribution in [2.24, 2.45) is 4.99 Å². The van der Waals surface area contributed by atoms with Crippen molar-refractivity contribution in [3.63, 3.8) is 0 Å². The first-order chi connectivity index (χ1) is 13.7. The zero-order chi connectivity index (χ0) is 19.1. The number of hydrazine groups is 1. The summed E-state index contributed by atoms with van der Waals surface area (Å²) in [4.78, 5) is 18.5. The van der Waals surface area contributed by atoms with Gasteiger partial charge in [-0.1, -0.05) is 30.3 Å². The Kier molecular flexibility index (Phi) is 4.07. The van der Waals surface area contributed by atoms with E-state index in [1.807, 2.05) is 30.3 Å². The molecular weight excluding hydrogens is 376 g/mol. The molecule has 0 bridgehead atoms. The number of benzene rings is 2. The van der Waals surface area contributed by atoms with E-state index in [-0.39, 0.29) is 11.3 Å². The van der Waals surface area contributed by atoms with Gasteiger partial charge in [0.1, 0.15) is 5.76 Å². The fourth-order valence-electron chi connectivity index (χ4n) is 3.29. The van der Waals surface area contributed by atoms with Gasteiger partial charge < -0.3 is 19.9 Å². The quantitative estimate of drug-likeness (QED) is 0.414. The number of rotatable bonds is 5. The van der Waals surface area contributed by atoms with Crippen molar-refractivity contribution in [1.82, 2.24) is 15.8 Å². The molecule has 4 aromatic rings. The Morgan fingerprint density at radius 3 is 2.79 bits per heavy atom. The number of nitrogens with zero attached hydrogens (tertiary/aromatic N) is 1. The number of aromatic amines is 1. The first-order valence-corrected chi connectivity index (χ1v) is 9.76. The summed E-state index contributed by atoms with van der Waals surface area (Å²) in [6, 6.07) is 18.2. The summed E-state index contributed by atoms with van der Waals surface area (Å²) in [7, 11) is 0. The maximum atomic E-state index is 10.7. The smallest absolute Gasteiger partial charge is 0.313 e. The number of aromatic nitrogens is 1. The van der Waals surface area contributed by atoms with Crippen LogP contribution in [0, 0.1) is 0 Å². The molecule has 5 rings (SSSR count). The Hall–Kier alpha value is -3.23. The summed E-state index contributed by atoms with van der Waals surface area (Å²) in [6.07, 6.45) is 0. The SMILES string of the molecule is O=C(O)CSC1N=C(c2ccc(-c3ccc4c(c3)[nH]c3ccccc34)o2)NN1. The molecular formula is C20H16N4O3S. The number of aliphatic carboxylic acids is 1. The minimum Gasteiger partial charge on any atom is -0.481 e. The lowest BCUT2D eigenvalue weighted by molar-refractivity contribution is -0.133. The fourth-order valence-corrected chi connectivity index (χ4v) is 3.92. The summed E-state index contributed by atoms with van der Waals surface area (Å²) in [5.74, 6) is 0.993. The van der Waals surface area contributed by atoms with Crippen LogP contribution in [0.4, 0.5) is 0 Å². The maximum Gasteiger partial charge on any atom is 0.313 e. The van der Waals surface area contributed by atoms with Crippen LogP contribution >= 0.6 is 11.8 Å². The van der Waals surface area contributed by atoms with Crippen molar-refractivity contribution in [3.05, 3.63) is 60.4 Å². The number of carboxylic acid groups (broad SMARTS) is 1. The van der Waals surface area contributed by atoms with Crippen LogP contribution in [0.3, 0.4) is 0 Å². The van der Waals surface area contributed by atoms with Gasteiger partial charge in [0.25, 0.3) is 0 Å². The summed E-state index contributed by atoms with van der Waals surface area (Å²) < 4.78 is 5.98. The minimum absolute atomic E-state index is 0.0238. The van der Waals surface area contributed by atoms with E-state index in [0.29, 0.717) is 11.6 Å². The van der Waals surface area contributed by atoms with Crippen molar-refractivity contribution >= 4 is 45.4 Å². The Morgan fingerprint density at radius 1 is 1.07 bits per heavy atom. The first kappa shape index (κ1) is 16.9. The number of hydrogen-bond donors (Lipinski definition) is 4. The van der Waals surface area contributed by atoms with Crippen LogP contribution in [0.5, 0.6) is 0 Å². The summed E-state index contributed by atoms with van der Waals surface area (Å²) in [5.41, 5.74) is 8.64. The van der Waals surface area contributed by atoms with E-state index in [1.54, 1.807) is 0 Å². The van der Waals surface area contributed by atoms with Crippen LogP contribution in [0.1, 0.15) is 5.76 Å². The predicted octanol–water partition coefficient (Wildman–Crippen LogP) is 3.54. The van der Waals surface area contributed by atoms with E-state index >= 15 is 0 Å². The fraction of sp³-hybridized carbons (Fsp3) is 0.100. The van der Waals surface area contributed by atoms with E-state index in [0.717, 1.165) is 22.4 Å². The molecule has 3 heterocycles. The van der Waals surface area contributed by atoms with Crippen LogP contribution in [0.25, 0.3) is 33.1 Å². The van der Waals surface area contributed by atoms with Gasteiger partial charge in [-0.2, -0.15) is 0 Å². The number of fused-ring (bicyclic) bond motifs is 3. The Morgan fingerprint density at radius 2 is 1.89 bits per heavy atom. The van der Waals surface area contributed by atoms with E-state index in [2.05, 4.69) is 45.1 Å². The molecule has 8 heteroatoms. The average molecular weight is 392 g/mol. The highest BCUT2D eigenvalue weighted by molar-refractivity contribution is 8.00. The molecule has 0 aliphatic carbocycles. The molecule has 0 amide bonds. The average Bonchev–Trinajstić information content (AvgIpc) is 3.42. The molecule has 0 saturated carbocycles. The second kappa shape index (κ2) is 6.74. The summed E-state index contributed by atoms with van der Waals surface area (Å²) in [6.45, 7) is 0. The highest BCUT2D eigenvalue weighted by Crippen LogP contribution is 2.30. The Balaban J connectivity index is 1.42. The summed E-state index contributed by atoms with van der Waals surface area (Å²) in [5, 5.41) is 11.1. The van der Waals surface area contributed by atoms with Gasteiger partial charge in [0.2, 0.25) is 0 Å². The molecule has 1 aliphatic heterocycles. The molecule has 0 radical (unpaired) electrons. The van der Waals surface area contributed by atoms with Gasteiger partial charge >= 0.3 is 5.97 Å².